The number of ketones is 4. The van der Waals surface area contributed by atoms with Gasteiger partial charge in [-0.15, -0.1) is 0 Å². The number of ether oxygens (including phenoxy) is 21. The lowest BCUT2D eigenvalue weighted by atomic mass is 9.79. The van der Waals surface area contributed by atoms with Crippen LogP contribution in [0.1, 0.15) is 156 Å². The van der Waals surface area contributed by atoms with Gasteiger partial charge in [0.05, 0.1) is 93.1 Å². The van der Waals surface area contributed by atoms with Crippen LogP contribution in [0.2, 0.25) is 0 Å². The van der Waals surface area contributed by atoms with E-state index in [4.69, 9.17) is 99.5 Å². The molecule has 8 heterocycles. The smallest absolute Gasteiger partial charge is 0.308 e. The predicted octanol–water partition coefficient (Wildman–Crippen LogP) is 6.41. The Morgan fingerprint density at radius 1 is 0.452 bits per heavy atom. The standard InChI is InChI=1S/C47H75NO17.C42H69NO15.CH4/c1-14-36-33(22-59-46-45(56-13)44(55-12)42(54-11)29(6)60-46)19-25(2)15-16-35(52)26(3)20-32-17-18-57-23-34(51)24-58-37(21-38(53)64-36)27(4)40(32)65-47-43(63-31(8)50)39(48(9)10)41(28(5)61-47)62-30(7)49;1-11-31-28(19-54-42-40(51-10)39(50-9)36(48)26(6)56-42)16-22(2)12-13-30(45)23(3)17-27-14-15-52-20-29(44)21-53-32(18-33(46)57-31)24(4)38(27)58-41-37(49)34(43(7)8)35(47)25(5)55-41;/h15-16,19,26-29,32-33,36-37,39-47H,14,17-18,20-24H2,1-13H3;12-13,16,23-28,31-32,34-42,47-49H,11,14-15,17-21H2,1-10H3;1H4/b16-15+,25-19+;13-12+,22-16+;/t26-,27+,28-,29-,32+,33-,36-,37-,39+,40-,41-,42-,43-,44-,45-,46?,47?;23-,24+,25-,26-,27+,28-,31-,32-,34+,35-,36-,37-,38-,39-,40-,41?,42?;/m11./s1. The first-order valence-electron chi connectivity index (χ1n) is 43.5. The molecule has 0 aromatic heterocycles. The molecule has 710 valence electrons. The number of carbonyl (C=O) groups excluding carboxylic acids is 8. The van der Waals surface area contributed by atoms with E-state index in [0.29, 0.717) is 38.5 Å². The predicted molar refractivity (Wildman–Crippen MR) is 449 cm³/mol. The molecule has 34 heteroatoms. The number of rotatable bonds is 21. The molecule has 8 aliphatic heterocycles. The van der Waals surface area contributed by atoms with Gasteiger partial charge in [0.25, 0.3) is 0 Å². The lowest BCUT2D eigenvalue weighted by molar-refractivity contribution is -0.308. The first-order chi connectivity index (χ1) is 58.3. The quantitative estimate of drug-likeness (QED) is 0.0825. The van der Waals surface area contributed by atoms with E-state index in [1.807, 2.05) is 74.5 Å². The van der Waals surface area contributed by atoms with Gasteiger partial charge in [-0.3, -0.25) is 43.3 Å². The number of likely N-dealkylation sites (N-methyl/N-ethyl adjacent to an activating group) is 2. The van der Waals surface area contributed by atoms with Crippen LogP contribution < -0.4 is 0 Å². The summed E-state index contributed by atoms with van der Waals surface area (Å²) in [7, 11) is 14.7. The van der Waals surface area contributed by atoms with E-state index >= 15 is 0 Å². The number of Topliss-reactive ketones (excluding diaryl/α,β-unsaturated/α-hetero) is 2. The Morgan fingerprint density at radius 2 is 0.839 bits per heavy atom. The fourth-order valence-electron chi connectivity index (χ4n) is 18.0. The van der Waals surface area contributed by atoms with E-state index < -0.39 is 225 Å². The minimum Gasteiger partial charge on any atom is -0.462 e. The Hall–Kier alpha value is -5.36. The van der Waals surface area contributed by atoms with Crippen LogP contribution in [-0.2, 0) is 138 Å². The molecule has 6 fully saturated rings. The lowest BCUT2D eigenvalue weighted by Gasteiger charge is -2.48. The van der Waals surface area contributed by atoms with Gasteiger partial charge in [-0.05, 0) is 132 Å². The minimum atomic E-state index is -1.25. The van der Waals surface area contributed by atoms with Crippen molar-refractivity contribution in [2.45, 2.75) is 315 Å². The van der Waals surface area contributed by atoms with Crippen molar-refractivity contribution in [2.75, 3.05) is 117 Å². The number of fused-ring (bicyclic) bond motifs is 6. The maximum atomic E-state index is 14.3. The second kappa shape index (κ2) is 51.9. The maximum absolute atomic E-state index is 14.3. The van der Waals surface area contributed by atoms with Gasteiger partial charge in [-0.1, -0.05) is 84.4 Å². The number of hydrogen-bond acceptors (Lipinski definition) is 34. The van der Waals surface area contributed by atoms with Gasteiger partial charge in [0, 0.05) is 98.1 Å². The second-order valence-corrected chi connectivity index (χ2v) is 34.6. The van der Waals surface area contributed by atoms with Gasteiger partial charge in [-0.2, -0.15) is 0 Å². The molecule has 6 saturated heterocycles. The zero-order chi connectivity index (χ0) is 91.0. The summed E-state index contributed by atoms with van der Waals surface area (Å²) in [6.07, 6.45) is -7.42. The van der Waals surface area contributed by atoms with Crippen molar-refractivity contribution in [1.82, 2.24) is 9.80 Å². The van der Waals surface area contributed by atoms with Crippen molar-refractivity contribution in [3.8, 4) is 0 Å². The van der Waals surface area contributed by atoms with E-state index in [2.05, 4.69) is 0 Å². The number of cyclic esters (lactones) is 2. The number of esters is 4. The molecular formula is C90H148N2O32. The number of allylic oxidation sites excluding steroid dienone is 6. The summed E-state index contributed by atoms with van der Waals surface area (Å²) in [5, 5.41) is 33.1. The minimum absolute atomic E-state index is 0. The maximum Gasteiger partial charge on any atom is 0.308 e. The summed E-state index contributed by atoms with van der Waals surface area (Å²) in [6, 6.07) is -1.39. The van der Waals surface area contributed by atoms with Crippen molar-refractivity contribution < 1.29 is 153 Å². The number of methoxy groups -OCH3 is 5. The third-order valence-corrected chi connectivity index (χ3v) is 24.9. The Morgan fingerprint density at radius 3 is 1.26 bits per heavy atom. The second-order valence-electron chi connectivity index (χ2n) is 34.6. The molecule has 34 atom stereocenters. The van der Waals surface area contributed by atoms with Crippen LogP contribution in [0.4, 0.5) is 0 Å². The Balaban J connectivity index is 0.000000383. The first-order valence-corrected chi connectivity index (χ1v) is 43.5. The third-order valence-electron chi connectivity index (χ3n) is 24.9. The van der Waals surface area contributed by atoms with E-state index in [-0.39, 0.29) is 102 Å². The Bertz CT molecular complexity index is 3470. The van der Waals surface area contributed by atoms with E-state index in [1.54, 1.807) is 98.3 Å². The average Bonchev–Trinajstić information content (AvgIpc) is 0.814. The zero-order valence-electron chi connectivity index (χ0n) is 76.5. The molecule has 0 saturated carbocycles. The third kappa shape index (κ3) is 29.8. The monoisotopic (exact) mass is 1770 g/mol. The van der Waals surface area contributed by atoms with Gasteiger partial charge in [0.15, 0.2) is 54.4 Å². The molecule has 4 bridgehead atoms. The van der Waals surface area contributed by atoms with Gasteiger partial charge in [-0.25, -0.2) is 0 Å². The number of carbonyl (C=O) groups is 8. The molecule has 34 nitrogen and oxygen atoms in total. The molecule has 8 aliphatic rings. The van der Waals surface area contributed by atoms with Gasteiger partial charge in [0.1, 0.15) is 87.5 Å². The molecule has 3 N–H and O–H groups in total. The first kappa shape index (κ1) is 107. The van der Waals surface area contributed by atoms with Crippen LogP contribution in [0.5, 0.6) is 0 Å². The molecule has 0 amide bonds. The van der Waals surface area contributed by atoms with Gasteiger partial charge < -0.3 is 120 Å². The normalized spacial score (nSPS) is 41.1. The van der Waals surface area contributed by atoms with E-state index in [9.17, 15) is 53.7 Å². The van der Waals surface area contributed by atoms with Crippen molar-refractivity contribution in [3.63, 3.8) is 0 Å². The molecule has 0 radical (unpaired) electrons. The molecule has 0 aromatic carbocycles. The molecule has 8 rings (SSSR count). The highest BCUT2D eigenvalue weighted by atomic mass is 16.7. The number of aliphatic hydroxyl groups excluding tert-OH is 3. The number of nitrogens with zero attached hydrogens (tertiary/aromatic N) is 2. The molecule has 124 heavy (non-hydrogen) atoms. The summed E-state index contributed by atoms with van der Waals surface area (Å²) < 4.78 is 128. The molecular weight excluding hydrogens is 1620 g/mol. The molecule has 0 spiro atoms. The van der Waals surface area contributed by atoms with Crippen LogP contribution in [0.15, 0.2) is 47.6 Å². The fourth-order valence-corrected chi connectivity index (χ4v) is 18.0. The summed E-state index contributed by atoms with van der Waals surface area (Å²) in [5.41, 5.74) is 1.48. The fraction of sp³-hybridized carbons (Fsp3) is 0.822. The highest BCUT2D eigenvalue weighted by Gasteiger charge is 2.54. The number of hydrogen-bond donors (Lipinski definition) is 3. The van der Waals surface area contributed by atoms with Crippen LogP contribution in [0.25, 0.3) is 0 Å². The molecule has 4 unspecified atom stereocenters. The van der Waals surface area contributed by atoms with Crippen LogP contribution in [0.3, 0.4) is 0 Å². The lowest BCUT2D eigenvalue weighted by Crippen LogP contribution is -2.65. The SMILES string of the molecule is C.CC[C@H]1OC(=O)C[C@H]2OCC(=O)COCC[C@@H](C[C@@H](C)C(=O)/C=C/C(C)=C/[C@@H]1COC1O[C@H](C)[C@@H](O)[C@@H](OC)[C@H]1OC)[C@H](OC1O[C@H](C)[C@@H](O)[C@H](N(C)C)[C@H]1O)[C@H]2C.CC[C@H]1OC(=O)C[C@H]2OCC(=O)COCC[C@@H](C[C@@H](C)C(=O)/C=C/C(C)=C/[C@@H]1COC1O[C@H](C)[C@@H](OC)[C@@H](OC)[C@H]1OC)[C@H](OC1O[C@H](C)[C@@H](OC(C)=O)[C@H](N(C)C)[C@H]1OC(C)=O)[C@H]2C. The molecule has 0 aromatic rings. The average molecular weight is 1770 g/mol. The highest BCUT2D eigenvalue weighted by Crippen LogP contribution is 2.41. The Labute approximate surface area is 733 Å². The van der Waals surface area contributed by atoms with Gasteiger partial charge >= 0.3 is 23.9 Å². The van der Waals surface area contributed by atoms with E-state index in [0.717, 1.165) is 11.1 Å². The van der Waals surface area contributed by atoms with E-state index in [1.165, 1.54) is 34.1 Å². The van der Waals surface area contributed by atoms with Crippen molar-refractivity contribution in [2.24, 2.45) is 47.3 Å². The van der Waals surface area contributed by atoms with Crippen LogP contribution >= 0.6 is 0 Å². The summed E-state index contributed by atoms with van der Waals surface area (Å²) in [6.45, 7) is 23.8. The molecule has 0 aliphatic carbocycles. The summed E-state index contributed by atoms with van der Waals surface area (Å²) in [5.74, 6) is -7.24. The topological polar surface area (TPSA) is 398 Å². The van der Waals surface area contributed by atoms with Crippen LogP contribution in [0, 0.1) is 47.3 Å². The number of aliphatic hydroxyl groups is 3. The van der Waals surface area contributed by atoms with Crippen LogP contribution in [-0.4, -0.2) is 348 Å². The van der Waals surface area contributed by atoms with Crippen molar-refractivity contribution >= 4 is 47.0 Å². The van der Waals surface area contributed by atoms with Gasteiger partial charge in [0.2, 0.25) is 0 Å². The summed E-state index contributed by atoms with van der Waals surface area (Å²) >= 11 is 0. The van der Waals surface area contributed by atoms with Crippen molar-refractivity contribution in [1.29, 1.82) is 0 Å². The largest absolute Gasteiger partial charge is 0.462 e. The highest BCUT2D eigenvalue weighted by molar-refractivity contribution is 5.92. The van der Waals surface area contributed by atoms with Crippen molar-refractivity contribution in [3.05, 3.63) is 47.6 Å². The summed E-state index contributed by atoms with van der Waals surface area (Å²) in [4.78, 5) is 111. The Kier molecular flexibility index (Phi) is 44.9. The zero-order valence-corrected chi connectivity index (χ0v) is 76.5.